The molecule has 0 saturated carbocycles. The predicted molar refractivity (Wildman–Crippen MR) is 104 cm³/mol. The number of ether oxygens (including phenoxy) is 1. The first kappa shape index (κ1) is 20.7. The van der Waals surface area contributed by atoms with E-state index in [1.165, 1.54) is 30.0 Å². The van der Waals surface area contributed by atoms with E-state index in [0.29, 0.717) is 0 Å². The van der Waals surface area contributed by atoms with Crippen LogP contribution in [0, 0.1) is 24.0 Å². The molecule has 1 N–H and O–H groups in total. The summed E-state index contributed by atoms with van der Waals surface area (Å²) in [5, 5.41) is 13.5. The number of rotatable bonds is 7. The molecule has 1 amide bonds. The monoisotopic (exact) mass is 408 g/mol. The second kappa shape index (κ2) is 9.38. The van der Waals surface area contributed by atoms with Crippen LogP contribution in [0.1, 0.15) is 11.1 Å². The van der Waals surface area contributed by atoms with E-state index >= 15 is 0 Å². The largest absolute Gasteiger partial charge is 0.455 e. The van der Waals surface area contributed by atoms with E-state index < -0.39 is 23.4 Å². The number of halogens is 1. The van der Waals surface area contributed by atoms with Crippen LogP contribution in [0.15, 0.2) is 41.3 Å². The summed E-state index contributed by atoms with van der Waals surface area (Å²) in [5.74, 6) is -1.20. The van der Waals surface area contributed by atoms with Crippen LogP contribution in [0.2, 0.25) is 5.02 Å². The number of aryl methyl sites for hydroxylation is 2. The number of nitro benzene ring substituents is 1. The zero-order chi connectivity index (χ0) is 20.0. The van der Waals surface area contributed by atoms with Crippen LogP contribution in [0.25, 0.3) is 0 Å². The van der Waals surface area contributed by atoms with Crippen LogP contribution in [-0.4, -0.2) is 29.2 Å². The van der Waals surface area contributed by atoms with Crippen molar-refractivity contribution in [2.45, 2.75) is 18.7 Å². The minimum atomic E-state index is -0.689. The lowest BCUT2D eigenvalue weighted by Crippen LogP contribution is -2.22. The van der Waals surface area contributed by atoms with Gasteiger partial charge in [-0.15, -0.1) is 11.8 Å². The summed E-state index contributed by atoms with van der Waals surface area (Å²) in [4.78, 5) is 35.1. The normalized spacial score (nSPS) is 10.3. The van der Waals surface area contributed by atoms with Crippen LogP contribution >= 0.6 is 23.4 Å². The summed E-state index contributed by atoms with van der Waals surface area (Å²) in [6.07, 6.45) is 0. The molecule has 2 rings (SSSR count). The maximum Gasteiger partial charge on any atom is 0.316 e. The summed E-state index contributed by atoms with van der Waals surface area (Å²) in [6.45, 7) is 3.36. The molecular formula is C18H17ClN2O5S. The minimum absolute atomic E-state index is 0.0505. The number of hydrogen-bond acceptors (Lipinski definition) is 6. The van der Waals surface area contributed by atoms with Gasteiger partial charge in [0.1, 0.15) is 5.69 Å². The Bertz CT molecular complexity index is 888. The number of hydrogen-bond donors (Lipinski definition) is 1. The SMILES string of the molecule is Cc1ccc(C)c(SCC(=O)OCC(=O)Nc2cc(Cl)ccc2[N+](=O)[O-])c1. The van der Waals surface area contributed by atoms with Crippen molar-refractivity contribution < 1.29 is 19.2 Å². The Morgan fingerprint density at radius 2 is 1.96 bits per heavy atom. The van der Waals surface area contributed by atoms with Gasteiger partial charge < -0.3 is 10.1 Å². The van der Waals surface area contributed by atoms with Gasteiger partial charge in [-0.25, -0.2) is 0 Å². The van der Waals surface area contributed by atoms with Crippen LogP contribution in [0.4, 0.5) is 11.4 Å². The molecule has 0 bridgehead atoms. The highest BCUT2D eigenvalue weighted by Gasteiger charge is 2.17. The fourth-order valence-corrected chi connectivity index (χ4v) is 3.23. The average Bonchev–Trinajstić information content (AvgIpc) is 2.60. The Morgan fingerprint density at radius 1 is 1.22 bits per heavy atom. The summed E-state index contributed by atoms with van der Waals surface area (Å²) < 4.78 is 4.92. The van der Waals surface area contributed by atoms with Crippen LogP contribution in [-0.2, 0) is 14.3 Å². The van der Waals surface area contributed by atoms with Gasteiger partial charge in [0.15, 0.2) is 6.61 Å². The fourth-order valence-electron chi connectivity index (χ4n) is 2.14. The fraction of sp³-hybridized carbons (Fsp3) is 0.222. The average molecular weight is 409 g/mol. The number of amides is 1. The highest BCUT2D eigenvalue weighted by Crippen LogP contribution is 2.27. The highest BCUT2D eigenvalue weighted by atomic mass is 35.5. The summed E-state index contributed by atoms with van der Waals surface area (Å²) >= 11 is 7.11. The quantitative estimate of drug-likeness (QED) is 0.320. The van der Waals surface area contributed by atoms with Gasteiger partial charge in [-0.05, 0) is 37.6 Å². The molecule has 27 heavy (non-hydrogen) atoms. The molecule has 0 aliphatic carbocycles. The molecule has 142 valence electrons. The lowest BCUT2D eigenvalue weighted by Gasteiger charge is -2.08. The molecule has 0 heterocycles. The van der Waals surface area contributed by atoms with Crippen LogP contribution in [0.5, 0.6) is 0 Å². The molecule has 0 radical (unpaired) electrons. The molecule has 0 fully saturated rings. The minimum Gasteiger partial charge on any atom is -0.455 e. The van der Waals surface area contributed by atoms with E-state index in [4.69, 9.17) is 16.3 Å². The van der Waals surface area contributed by atoms with Gasteiger partial charge in [0.05, 0.1) is 10.7 Å². The maximum absolute atomic E-state index is 11.9. The van der Waals surface area contributed by atoms with Gasteiger partial charge in [-0.3, -0.25) is 19.7 Å². The Morgan fingerprint density at radius 3 is 2.67 bits per heavy atom. The third-order valence-electron chi connectivity index (χ3n) is 3.48. The van der Waals surface area contributed by atoms with Crippen molar-refractivity contribution in [1.29, 1.82) is 0 Å². The highest BCUT2D eigenvalue weighted by molar-refractivity contribution is 8.00. The molecule has 0 atom stereocenters. The molecule has 7 nitrogen and oxygen atoms in total. The Labute approximate surface area is 165 Å². The van der Waals surface area contributed by atoms with Crippen molar-refractivity contribution in [3.8, 4) is 0 Å². The molecule has 9 heteroatoms. The van der Waals surface area contributed by atoms with E-state index in [1.54, 1.807) is 0 Å². The molecule has 0 aliphatic rings. The smallest absolute Gasteiger partial charge is 0.316 e. The molecular weight excluding hydrogens is 392 g/mol. The molecule has 0 aromatic heterocycles. The number of anilines is 1. The third kappa shape index (κ3) is 6.26. The third-order valence-corrected chi connectivity index (χ3v) is 4.85. The number of benzene rings is 2. The van der Waals surface area contributed by atoms with Crippen molar-refractivity contribution in [1.82, 2.24) is 0 Å². The van der Waals surface area contributed by atoms with Gasteiger partial charge >= 0.3 is 5.97 Å². The molecule has 2 aromatic rings. The van der Waals surface area contributed by atoms with Crippen molar-refractivity contribution in [3.63, 3.8) is 0 Å². The Kier molecular flexibility index (Phi) is 7.20. The van der Waals surface area contributed by atoms with Gasteiger partial charge in [0.25, 0.3) is 11.6 Å². The summed E-state index contributed by atoms with van der Waals surface area (Å²) in [5.41, 5.74) is 1.77. The van der Waals surface area contributed by atoms with Crippen molar-refractivity contribution in [2.75, 3.05) is 17.7 Å². The Hall–Kier alpha value is -2.58. The van der Waals surface area contributed by atoms with Gasteiger partial charge in [0, 0.05) is 16.0 Å². The van der Waals surface area contributed by atoms with E-state index in [0.717, 1.165) is 16.0 Å². The number of nitrogens with zero attached hydrogens (tertiary/aromatic N) is 1. The van der Waals surface area contributed by atoms with Gasteiger partial charge in [-0.1, -0.05) is 29.3 Å². The van der Waals surface area contributed by atoms with Crippen LogP contribution < -0.4 is 5.32 Å². The van der Waals surface area contributed by atoms with Crippen molar-refractivity contribution >= 4 is 46.6 Å². The van der Waals surface area contributed by atoms with E-state index in [-0.39, 0.29) is 22.2 Å². The summed E-state index contributed by atoms with van der Waals surface area (Å²) in [7, 11) is 0. The number of esters is 1. The molecule has 0 spiro atoms. The second-order valence-corrected chi connectivity index (χ2v) is 7.14. The number of nitrogens with one attached hydrogen (secondary N) is 1. The molecule has 0 saturated heterocycles. The van der Waals surface area contributed by atoms with E-state index in [9.17, 15) is 19.7 Å². The van der Waals surface area contributed by atoms with E-state index in [2.05, 4.69) is 5.32 Å². The maximum atomic E-state index is 11.9. The number of carbonyl (C=O) groups is 2. The van der Waals surface area contributed by atoms with Crippen LogP contribution in [0.3, 0.4) is 0 Å². The zero-order valence-electron chi connectivity index (χ0n) is 14.7. The topological polar surface area (TPSA) is 98.5 Å². The van der Waals surface area contributed by atoms with Gasteiger partial charge in [-0.2, -0.15) is 0 Å². The predicted octanol–water partition coefficient (Wildman–Crippen LogP) is 4.14. The molecule has 2 aromatic carbocycles. The van der Waals surface area contributed by atoms with Crippen molar-refractivity contribution in [2.24, 2.45) is 0 Å². The lowest BCUT2D eigenvalue weighted by molar-refractivity contribution is -0.383. The second-order valence-electron chi connectivity index (χ2n) is 5.69. The standard InChI is InChI=1S/C18H17ClN2O5S/c1-11-3-4-12(2)16(7-11)27-10-18(23)26-9-17(22)20-14-8-13(19)5-6-15(14)21(24)25/h3-8H,9-10H2,1-2H3,(H,20,22). The Balaban J connectivity index is 1.87. The number of thioether (sulfide) groups is 1. The number of carbonyl (C=O) groups excluding carboxylic acids is 2. The lowest BCUT2D eigenvalue weighted by atomic mass is 10.2. The first-order chi connectivity index (χ1) is 12.8. The molecule has 0 unspecified atom stereocenters. The summed E-state index contributed by atoms with van der Waals surface area (Å²) in [6, 6.07) is 9.71. The number of nitro groups is 1. The molecule has 0 aliphatic heterocycles. The van der Waals surface area contributed by atoms with Crippen molar-refractivity contribution in [3.05, 3.63) is 62.7 Å². The first-order valence-electron chi connectivity index (χ1n) is 7.85. The zero-order valence-corrected chi connectivity index (χ0v) is 16.2. The van der Waals surface area contributed by atoms with E-state index in [1.807, 2.05) is 32.0 Å². The van der Waals surface area contributed by atoms with Gasteiger partial charge in [0.2, 0.25) is 0 Å². The first-order valence-corrected chi connectivity index (χ1v) is 9.22.